The molecule has 0 aliphatic heterocycles. The van der Waals surface area contributed by atoms with Gasteiger partial charge in [0.15, 0.2) is 5.54 Å². The van der Waals surface area contributed by atoms with Gasteiger partial charge in [0, 0.05) is 18.0 Å². The molecule has 0 fully saturated rings. The fourth-order valence-electron chi connectivity index (χ4n) is 2.76. The highest BCUT2D eigenvalue weighted by Crippen LogP contribution is 2.24. The summed E-state index contributed by atoms with van der Waals surface area (Å²) in [6.45, 7) is 4.11. The summed E-state index contributed by atoms with van der Waals surface area (Å²) in [5.41, 5.74) is 0.587. The van der Waals surface area contributed by atoms with Gasteiger partial charge in [-0.25, -0.2) is 4.79 Å². The van der Waals surface area contributed by atoms with Gasteiger partial charge < -0.3 is 5.11 Å². The highest BCUT2D eigenvalue weighted by atomic mass is 16.4. The first kappa shape index (κ1) is 16.8. The normalized spacial score (nSPS) is 13.5. The molecule has 0 radical (unpaired) electrons. The second-order valence-electron chi connectivity index (χ2n) is 6.09. The molecule has 130 valence electrons. The minimum absolute atomic E-state index is 0.409. The summed E-state index contributed by atoms with van der Waals surface area (Å²) in [4.78, 5) is 12.9. The Labute approximate surface area is 145 Å². The first-order valence-corrected chi connectivity index (χ1v) is 8.14. The van der Waals surface area contributed by atoms with Gasteiger partial charge in [0.05, 0.1) is 6.54 Å². The van der Waals surface area contributed by atoms with Crippen molar-refractivity contribution in [3.05, 3.63) is 48.3 Å². The van der Waals surface area contributed by atoms with Crippen molar-refractivity contribution >= 4 is 5.97 Å². The summed E-state index contributed by atoms with van der Waals surface area (Å²) in [6.07, 6.45) is 4.73. The maximum absolute atomic E-state index is 11.7. The summed E-state index contributed by atoms with van der Waals surface area (Å²) in [7, 11) is 0. The molecule has 8 nitrogen and oxygen atoms in total. The third-order valence-electron chi connectivity index (χ3n) is 4.20. The number of hydrogen-bond acceptors (Lipinski definition) is 5. The van der Waals surface area contributed by atoms with E-state index in [2.05, 4.69) is 20.5 Å². The molecular formula is C17H20N6O2. The van der Waals surface area contributed by atoms with Crippen LogP contribution in [0.1, 0.15) is 32.3 Å². The fourth-order valence-corrected chi connectivity index (χ4v) is 2.76. The average molecular weight is 340 g/mol. The van der Waals surface area contributed by atoms with Crippen LogP contribution in [0.3, 0.4) is 0 Å². The highest BCUT2D eigenvalue weighted by molar-refractivity contribution is 5.75. The van der Waals surface area contributed by atoms with Gasteiger partial charge in [-0.3, -0.25) is 4.68 Å². The molecule has 8 heteroatoms. The molecule has 2 heterocycles. The van der Waals surface area contributed by atoms with Gasteiger partial charge in [0.2, 0.25) is 5.82 Å². The van der Waals surface area contributed by atoms with E-state index in [9.17, 15) is 9.90 Å². The largest absolute Gasteiger partial charge is 0.479 e. The summed E-state index contributed by atoms with van der Waals surface area (Å²) in [5, 5.41) is 26.3. The van der Waals surface area contributed by atoms with Crippen molar-refractivity contribution in [3.8, 4) is 11.4 Å². The SMILES string of the molecule is CCCC(C)(C(=O)O)n1nnc(-c2ccccc2Cn2cccn2)n1. The van der Waals surface area contributed by atoms with Crippen molar-refractivity contribution in [1.29, 1.82) is 0 Å². The molecule has 1 unspecified atom stereocenters. The molecule has 0 bridgehead atoms. The van der Waals surface area contributed by atoms with Crippen LogP contribution in [0.25, 0.3) is 11.4 Å². The number of carboxylic acid groups (broad SMARTS) is 1. The quantitative estimate of drug-likeness (QED) is 0.708. The van der Waals surface area contributed by atoms with Gasteiger partial charge in [0.1, 0.15) is 0 Å². The smallest absolute Gasteiger partial charge is 0.333 e. The Balaban J connectivity index is 1.96. The van der Waals surface area contributed by atoms with Crippen LogP contribution in [0, 0.1) is 0 Å². The van der Waals surface area contributed by atoms with E-state index in [0.717, 1.165) is 11.1 Å². The third-order valence-corrected chi connectivity index (χ3v) is 4.20. The number of tetrazole rings is 1. The molecule has 1 aromatic carbocycles. The lowest BCUT2D eigenvalue weighted by Gasteiger charge is -2.22. The van der Waals surface area contributed by atoms with Crippen molar-refractivity contribution in [2.24, 2.45) is 0 Å². The molecular weight excluding hydrogens is 320 g/mol. The predicted molar refractivity (Wildman–Crippen MR) is 90.8 cm³/mol. The maximum Gasteiger partial charge on any atom is 0.333 e. The van der Waals surface area contributed by atoms with Gasteiger partial charge >= 0.3 is 5.97 Å². The summed E-state index contributed by atoms with van der Waals surface area (Å²) < 4.78 is 1.81. The number of aromatic nitrogens is 6. The lowest BCUT2D eigenvalue weighted by atomic mass is 9.97. The molecule has 0 saturated carbocycles. The monoisotopic (exact) mass is 340 g/mol. The van der Waals surface area contributed by atoms with Gasteiger partial charge in [-0.1, -0.05) is 37.6 Å². The van der Waals surface area contributed by atoms with Gasteiger partial charge in [-0.15, -0.1) is 15.0 Å². The zero-order chi connectivity index (χ0) is 17.9. The van der Waals surface area contributed by atoms with E-state index in [4.69, 9.17) is 0 Å². The predicted octanol–water partition coefficient (Wildman–Crippen LogP) is 2.18. The molecule has 0 aliphatic carbocycles. The standard InChI is InChI=1S/C17H20N6O2/c1-3-9-17(2,16(24)25)23-20-15(19-21-23)14-8-5-4-7-13(14)12-22-11-6-10-18-22/h4-8,10-11H,3,9,12H2,1-2H3,(H,24,25). The second kappa shape index (κ2) is 6.84. The van der Waals surface area contributed by atoms with E-state index in [0.29, 0.717) is 25.2 Å². The first-order chi connectivity index (χ1) is 12.0. The Hall–Kier alpha value is -3.03. The van der Waals surface area contributed by atoms with Crippen LogP contribution in [0.15, 0.2) is 42.7 Å². The Morgan fingerprint density at radius 1 is 1.28 bits per heavy atom. The van der Waals surface area contributed by atoms with Gasteiger partial charge in [-0.05, 0) is 30.2 Å². The number of carbonyl (C=O) groups is 1. The van der Waals surface area contributed by atoms with Crippen molar-refractivity contribution < 1.29 is 9.90 Å². The van der Waals surface area contributed by atoms with Crippen LogP contribution in [-0.2, 0) is 16.9 Å². The molecule has 3 aromatic rings. The number of benzene rings is 1. The summed E-state index contributed by atoms with van der Waals surface area (Å²) >= 11 is 0. The van der Waals surface area contributed by atoms with Crippen LogP contribution in [0.4, 0.5) is 0 Å². The third kappa shape index (κ3) is 3.28. The van der Waals surface area contributed by atoms with Crippen LogP contribution in [0.5, 0.6) is 0 Å². The fraction of sp³-hybridized carbons (Fsp3) is 0.353. The topological polar surface area (TPSA) is 98.7 Å². The Morgan fingerprint density at radius 2 is 2.08 bits per heavy atom. The molecule has 1 N–H and O–H groups in total. The van der Waals surface area contributed by atoms with E-state index in [-0.39, 0.29) is 0 Å². The average Bonchev–Trinajstić information content (AvgIpc) is 3.27. The number of aliphatic carboxylic acids is 1. The van der Waals surface area contributed by atoms with Crippen LogP contribution in [-0.4, -0.2) is 41.1 Å². The van der Waals surface area contributed by atoms with E-state index >= 15 is 0 Å². The molecule has 0 aliphatic rings. The lowest BCUT2D eigenvalue weighted by Crippen LogP contribution is -2.40. The van der Waals surface area contributed by atoms with Crippen LogP contribution in [0.2, 0.25) is 0 Å². The molecule has 25 heavy (non-hydrogen) atoms. The Bertz CT molecular complexity index is 858. The van der Waals surface area contributed by atoms with E-state index in [1.165, 1.54) is 4.80 Å². The molecule has 0 spiro atoms. The van der Waals surface area contributed by atoms with Crippen molar-refractivity contribution in [1.82, 2.24) is 30.0 Å². The minimum Gasteiger partial charge on any atom is -0.479 e. The zero-order valence-corrected chi connectivity index (χ0v) is 14.2. The van der Waals surface area contributed by atoms with E-state index in [1.54, 1.807) is 13.1 Å². The zero-order valence-electron chi connectivity index (χ0n) is 14.2. The van der Waals surface area contributed by atoms with E-state index in [1.807, 2.05) is 48.1 Å². The minimum atomic E-state index is -1.21. The highest BCUT2D eigenvalue weighted by Gasteiger charge is 2.37. The second-order valence-corrected chi connectivity index (χ2v) is 6.09. The number of nitrogens with zero attached hydrogens (tertiary/aromatic N) is 6. The molecule has 0 saturated heterocycles. The Morgan fingerprint density at radius 3 is 2.76 bits per heavy atom. The first-order valence-electron chi connectivity index (χ1n) is 8.14. The molecule has 3 rings (SSSR count). The summed E-state index contributed by atoms with van der Waals surface area (Å²) in [5.74, 6) is -0.561. The van der Waals surface area contributed by atoms with Crippen molar-refractivity contribution in [2.75, 3.05) is 0 Å². The number of hydrogen-bond donors (Lipinski definition) is 1. The van der Waals surface area contributed by atoms with Crippen molar-refractivity contribution in [2.45, 2.75) is 38.8 Å². The number of rotatable bonds is 7. The number of carboxylic acids is 1. The molecule has 2 aromatic heterocycles. The van der Waals surface area contributed by atoms with E-state index < -0.39 is 11.5 Å². The van der Waals surface area contributed by atoms with Gasteiger partial charge in [-0.2, -0.15) is 5.10 Å². The Kier molecular flexibility index (Phi) is 4.60. The summed E-state index contributed by atoms with van der Waals surface area (Å²) in [6, 6.07) is 9.56. The molecule has 0 amide bonds. The lowest BCUT2D eigenvalue weighted by molar-refractivity contribution is -0.148. The van der Waals surface area contributed by atoms with Crippen molar-refractivity contribution in [3.63, 3.8) is 0 Å². The van der Waals surface area contributed by atoms with Crippen LogP contribution >= 0.6 is 0 Å². The molecule has 1 atom stereocenters. The maximum atomic E-state index is 11.7. The van der Waals surface area contributed by atoms with Crippen LogP contribution < -0.4 is 0 Å². The van der Waals surface area contributed by atoms with Gasteiger partial charge in [0.25, 0.3) is 0 Å².